The molecule has 0 aliphatic heterocycles. The lowest BCUT2D eigenvalue weighted by Gasteiger charge is -2.14. The van der Waals surface area contributed by atoms with Crippen LogP contribution in [0.25, 0.3) is 0 Å². The van der Waals surface area contributed by atoms with Crippen LogP contribution in [0.15, 0.2) is 54.6 Å². The monoisotopic (exact) mass is 273 g/mol. The first-order chi connectivity index (χ1) is 9.66. The lowest BCUT2D eigenvalue weighted by molar-refractivity contribution is -0.123. The maximum absolute atomic E-state index is 13.3. The topological polar surface area (TPSA) is 38.3 Å². The number of hydrogen-bond donors (Lipinski definition) is 1. The van der Waals surface area contributed by atoms with E-state index in [4.69, 9.17) is 4.74 Å². The number of carbonyl (C=O) groups is 1. The molecule has 3 nitrogen and oxygen atoms in total. The quantitative estimate of drug-likeness (QED) is 0.909. The number of halogens is 1. The molecule has 0 fully saturated rings. The van der Waals surface area contributed by atoms with Crippen molar-refractivity contribution >= 4 is 5.91 Å². The Morgan fingerprint density at radius 3 is 2.50 bits per heavy atom. The fraction of sp³-hybridized carbons (Fsp3) is 0.188. The highest BCUT2D eigenvalue weighted by Gasteiger charge is 2.10. The number of hydrogen-bond acceptors (Lipinski definition) is 2. The molecule has 2 aromatic rings. The summed E-state index contributed by atoms with van der Waals surface area (Å²) in [6.45, 7) is 1.68. The molecule has 4 heteroatoms. The second-order valence-corrected chi connectivity index (χ2v) is 4.42. The molecule has 1 atom stereocenters. The van der Waals surface area contributed by atoms with E-state index in [1.165, 1.54) is 12.1 Å². The first-order valence-electron chi connectivity index (χ1n) is 6.38. The summed E-state index contributed by atoms with van der Waals surface area (Å²) in [6, 6.07) is 15.5. The second-order valence-electron chi connectivity index (χ2n) is 4.42. The molecular formula is C16H16FNO2. The summed E-state index contributed by atoms with van der Waals surface area (Å²) in [5.41, 5.74) is 1.01. The third-order valence-corrected chi connectivity index (χ3v) is 2.87. The maximum atomic E-state index is 13.3. The summed E-state index contributed by atoms with van der Waals surface area (Å²) in [5.74, 6) is -0.684. The zero-order chi connectivity index (χ0) is 14.4. The van der Waals surface area contributed by atoms with Gasteiger partial charge in [-0.15, -0.1) is 0 Å². The smallest absolute Gasteiger partial charge is 0.258 e. The Kier molecular flexibility index (Phi) is 4.71. The minimum Gasteiger partial charge on any atom is -0.481 e. The van der Waals surface area contributed by atoms with Crippen LogP contribution in [0.3, 0.4) is 0 Å². The van der Waals surface area contributed by atoms with Crippen LogP contribution >= 0.6 is 0 Å². The van der Waals surface area contributed by atoms with Gasteiger partial charge in [-0.2, -0.15) is 0 Å². The molecule has 0 aromatic heterocycles. The first-order valence-corrected chi connectivity index (χ1v) is 6.38. The largest absolute Gasteiger partial charge is 0.481 e. The molecule has 0 saturated carbocycles. The van der Waals surface area contributed by atoms with Crippen LogP contribution in [-0.2, 0) is 4.79 Å². The lowest BCUT2D eigenvalue weighted by Crippen LogP contribution is -2.31. The molecule has 20 heavy (non-hydrogen) atoms. The molecule has 1 unspecified atom stereocenters. The predicted octanol–water partition coefficient (Wildman–Crippen LogP) is 3.08. The van der Waals surface area contributed by atoms with Gasteiger partial charge in [-0.3, -0.25) is 4.79 Å². The third kappa shape index (κ3) is 3.82. The summed E-state index contributed by atoms with van der Waals surface area (Å²) in [5, 5.41) is 2.80. The molecule has 2 rings (SSSR count). The first kappa shape index (κ1) is 14.1. The van der Waals surface area contributed by atoms with Crippen molar-refractivity contribution in [1.82, 2.24) is 5.32 Å². The summed E-state index contributed by atoms with van der Waals surface area (Å²) in [4.78, 5) is 11.8. The molecule has 0 heterocycles. The van der Waals surface area contributed by atoms with Gasteiger partial charge in [-0.1, -0.05) is 42.5 Å². The summed E-state index contributed by atoms with van der Waals surface area (Å²) in [7, 11) is 0. The van der Waals surface area contributed by atoms with E-state index >= 15 is 0 Å². The molecule has 1 N–H and O–H groups in total. The zero-order valence-corrected chi connectivity index (χ0v) is 11.2. The van der Waals surface area contributed by atoms with E-state index in [0.29, 0.717) is 0 Å². The SMILES string of the molecule is CC(NC(=O)COc1ccccc1F)c1ccccc1. The molecule has 1 amide bonds. The Morgan fingerprint density at radius 1 is 1.15 bits per heavy atom. The number of carbonyl (C=O) groups excluding carboxylic acids is 1. The molecular weight excluding hydrogens is 257 g/mol. The standard InChI is InChI=1S/C16H16FNO2/c1-12(13-7-3-2-4-8-13)18-16(19)11-20-15-10-6-5-9-14(15)17/h2-10,12H,11H2,1H3,(H,18,19). The van der Waals surface area contributed by atoms with Gasteiger partial charge in [0.25, 0.3) is 5.91 Å². The highest BCUT2D eigenvalue weighted by molar-refractivity contribution is 5.78. The van der Waals surface area contributed by atoms with E-state index in [-0.39, 0.29) is 24.3 Å². The molecule has 0 saturated heterocycles. The summed E-state index contributed by atoms with van der Waals surface area (Å²) >= 11 is 0. The Hall–Kier alpha value is -2.36. The molecule has 104 valence electrons. The normalized spacial score (nSPS) is 11.7. The maximum Gasteiger partial charge on any atom is 0.258 e. The van der Waals surface area contributed by atoms with Crippen molar-refractivity contribution in [3.8, 4) is 5.75 Å². The Labute approximate surface area is 117 Å². The van der Waals surface area contributed by atoms with Gasteiger partial charge in [0, 0.05) is 0 Å². The van der Waals surface area contributed by atoms with Crippen LogP contribution in [0.5, 0.6) is 5.75 Å². The molecule has 0 bridgehead atoms. The van der Waals surface area contributed by atoms with Gasteiger partial charge in [-0.05, 0) is 24.6 Å². The van der Waals surface area contributed by atoms with Crippen molar-refractivity contribution < 1.29 is 13.9 Å². The molecule has 0 radical (unpaired) electrons. The fourth-order valence-corrected chi connectivity index (χ4v) is 1.81. The molecule has 0 spiro atoms. The molecule has 0 aliphatic carbocycles. The number of nitrogens with one attached hydrogen (secondary N) is 1. The van der Waals surface area contributed by atoms with Crippen LogP contribution < -0.4 is 10.1 Å². The van der Waals surface area contributed by atoms with Crippen LogP contribution in [0.1, 0.15) is 18.5 Å². The molecule has 2 aromatic carbocycles. The number of rotatable bonds is 5. The van der Waals surface area contributed by atoms with Crippen molar-refractivity contribution in [2.24, 2.45) is 0 Å². The molecule has 0 aliphatic rings. The van der Waals surface area contributed by atoms with Gasteiger partial charge in [0.1, 0.15) is 0 Å². The minimum absolute atomic E-state index is 0.0787. The number of amides is 1. The van der Waals surface area contributed by atoms with Crippen LogP contribution in [0, 0.1) is 5.82 Å². The van der Waals surface area contributed by atoms with E-state index in [0.717, 1.165) is 5.56 Å². The van der Waals surface area contributed by atoms with Crippen LogP contribution in [0.2, 0.25) is 0 Å². The number of para-hydroxylation sites is 1. The Morgan fingerprint density at radius 2 is 1.80 bits per heavy atom. The van der Waals surface area contributed by atoms with Crippen molar-refractivity contribution in [2.45, 2.75) is 13.0 Å². The fourth-order valence-electron chi connectivity index (χ4n) is 1.81. The zero-order valence-electron chi connectivity index (χ0n) is 11.2. The van der Waals surface area contributed by atoms with Crippen molar-refractivity contribution in [2.75, 3.05) is 6.61 Å². The van der Waals surface area contributed by atoms with Crippen molar-refractivity contribution in [3.63, 3.8) is 0 Å². The van der Waals surface area contributed by atoms with Crippen molar-refractivity contribution in [1.29, 1.82) is 0 Å². The highest BCUT2D eigenvalue weighted by Crippen LogP contribution is 2.15. The third-order valence-electron chi connectivity index (χ3n) is 2.87. The van der Waals surface area contributed by atoms with Crippen LogP contribution in [-0.4, -0.2) is 12.5 Å². The van der Waals surface area contributed by atoms with Gasteiger partial charge in [-0.25, -0.2) is 4.39 Å². The average Bonchev–Trinajstić information content (AvgIpc) is 2.47. The van der Waals surface area contributed by atoms with Crippen LogP contribution in [0.4, 0.5) is 4.39 Å². The second kappa shape index (κ2) is 6.70. The van der Waals surface area contributed by atoms with Gasteiger partial charge >= 0.3 is 0 Å². The van der Waals surface area contributed by atoms with E-state index in [2.05, 4.69) is 5.32 Å². The predicted molar refractivity (Wildman–Crippen MR) is 74.9 cm³/mol. The van der Waals surface area contributed by atoms with E-state index in [1.54, 1.807) is 12.1 Å². The number of ether oxygens (including phenoxy) is 1. The van der Waals surface area contributed by atoms with Gasteiger partial charge in [0.2, 0.25) is 0 Å². The van der Waals surface area contributed by atoms with E-state index in [1.807, 2.05) is 37.3 Å². The van der Waals surface area contributed by atoms with E-state index in [9.17, 15) is 9.18 Å². The Balaban J connectivity index is 1.86. The Bertz CT molecular complexity index is 572. The van der Waals surface area contributed by atoms with Gasteiger partial charge in [0.05, 0.1) is 6.04 Å². The lowest BCUT2D eigenvalue weighted by atomic mass is 10.1. The van der Waals surface area contributed by atoms with Gasteiger partial charge in [0.15, 0.2) is 18.2 Å². The number of benzene rings is 2. The summed E-state index contributed by atoms with van der Waals surface area (Å²) in [6.07, 6.45) is 0. The summed E-state index contributed by atoms with van der Waals surface area (Å²) < 4.78 is 18.5. The van der Waals surface area contributed by atoms with Gasteiger partial charge < -0.3 is 10.1 Å². The van der Waals surface area contributed by atoms with Crippen molar-refractivity contribution in [3.05, 3.63) is 66.0 Å². The minimum atomic E-state index is -0.476. The van der Waals surface area contributed by atoms with E-state index < -0.39 is 5.82 Å². The highest BCUT2D eigenvalue weighted by atomic mass is 19.1. The average molecular weight is 273 g/mol.